The highest BCUT2D eigenvalue weighted by molar-refractivity contribution is 5.61. The van der Waals surface area contributed by atoms with E-state index >= 15 is 0 Å². The van der Waals surface area contributed by atoms with Gasteiger partial charge in [0.25, 0.3) is 0 Å². The van der Waals surface area contributed by atoms with Gasteiger partial charge in [0.2, 0.25) is 0 Å². The molecule has 1 heterocycles. The zero-order valence-corrected chi connectivity index (χ0v) is 10.8. The van der Waals surface area contributed by atoms with Gasteiger partial charge in [0.15, 0.2) is 0 Å². The second-order valence-electron chi connectivity index (χ2n) is 4.86. The molecule has 2 atom stereocenters. The smallest absolute Gasteiger partial charge is 0.0861 e. The normalized spacial score (nSPS) is 19.4. The summed E-state index contributed by atoms with van der Waals surface area (Å²) in [6.07, 6.45) is 10.4. The summed E-state index contributed by atoms with van der Waals surface area (Å²) in [5, 5.41) is 0. The second-order valence-corrected chi connectivity index (χ2v) is 4.86. The molecule has 0 radical (unpaired) electrons. The second kappa shape index (κ2) is 6.64. The lowest BCUT2D eigenvalue weighted by atomic mass is 9.89. The molecule has 0 bridgehead atoms. The Kier molecular flexibility index (Phi) is 5.47. The van der Waals surface area contributed by atoms with Crippen molar-refractivity contribution in [2.45, 2.75) is 39.7 Å². The molecule has 1 aliphatic rings. The molecule has 1 aliphatic heterocycles. The van der Waals surface area contributed by atoms with Gasteiger partial charge in [-0.15, -0.1) is 0 Å². The molecule has 2 unspecified atom stereocenters. The third-order valence-electron chi connectivity index (χ3n) is 2.82. The van der Waals surface area contributed by atoms with Crippen LogP contribution in [-0.2, 0) is 4.74 Å². The van der Waals surface area contributed by atoms with Gasteiger partial charge < -0.3 is 4.74 Å². The fraction of sp³-hybridized carbons (Fsp3) is 0.643. The maximum atomic E-state index is 5.61. The van der Waals surface area contributed by atoms with Crippen LogP contribution in [0.3, 0.4) is 0 Å². The number of hydrogen-bond acceptors (Lipinski definition) is 2. The van der Waals surface area contributed by atoms with E-state index in [9.17, 15) is 0 Å². The van der Waals surface area contributed by atoms with Gasteiger partial charge in [-0.05, 0) is 23.8 Å². The average molecular weight is 221 g/mol. The van der Waals surface area contributed by atoms with Crippen LogP contribution in [-0.4, -0.2) is 19.4 Å². The zero-order valence-electron chi connectivity index (χ0n) is 10.8. The molecule has 0 aliphatic carbocycles. The van der Waals surface area contributed by atoms with E-state index in [0.717, 1.165) is 6.42 Å². The Hall–Kier alpha value is -0.890. The summed E-state index contributed by atoms with van der Waals surface area (Å²) in [5.74, 6) is 1.22. The lowest BCUT2D eigenvalue weighted by molar-refractivity contribution is 0.0809. The molecule has 1 rings (SSSR count). The molecule has 0 amide bonds. The predicted molar refractivity (Wildman–Crippen MR) is 69.7 cm³/mol. The first kappa shape index (κ1) is 13.2. The predicted octanol–water partition coefficient (Wildman–Crippen LogP) is 3.60. The monoisotopic (exact) mass is 221 g/mol. The van der Waals surface area contributed by atoms with E-state index in [1.165, 1.54) is 12.0 Å². The zero-order chi connectivity index (χ0) is 12.0. The van der Waals surface area contributed by atoms with Crippen molar-refractivity contribution in [1.29, 1.82) is 0 Å². The van der Waals surface area contributed by atoms with E-state index in [4.69, 9.17) is 4.74 Å². The molecule has 0 fully saturated rings. The maximum Gasteiger partial charge on any atom is 0.0861 e. The molecule has 16 heavy (non-hydrogen) atoms. The Bertz CT molecular complexity index is 289. The highest BCUT2D eigenvalue weighted by Crippen LogP contribution is 2.24. The van der Waals surface area contributed by atoms with Crippen molar-refractivity contribution >= 4 is 6.21 Å². The first-order valence-corrected chi connectivity index (χ1v) is 6.06. The summed E-state index contributed by atoms with van der Waals surface area (Å²) >= 11 is 0. The number of nitrogens with zero attached hydrogens (tertiary/aromatic N) is 1. The van der Waals surface area contributed by atoms with Crippen molar-refractivity contribution < 1.29 is 4.74 Å². The van der Waals surface area contributed by atoms with Gasteiger partial charge in [0.05, 0.1) is 6.10 Å². The van der Waals surface area contributed by atoms with Crippen LogP contribution in [0.5, 0.6) is 0 Å². The summed E-state index contributed by atoms with van der Waals surface area (Å²) in [6.45, 7) is 6.74. The van der Waals surface area contributed by atoms with Crippen molar-refractivity contribution in [3.8, 4) is 0 Å². The minimum Gasteiger partial charge on any atom is -0.376 e. The van der Waals surface area contributed by atoms with Crippen molar-refractivity contribution in [3.05, 3.63) is 23.9 Å². The van der Waals surface area contributed by atoms with Gasteiger partial charge >= 0.3 is 0 Å². The van der Waals surface area contributed by atoms with E-state index in [1.54, 1.807) is 7.11 Å². The Morgan fingerprint density at radius 3 is 2.75 bits per heavy atom. The van der Waals surface area contributed by atoms with Crippen LogP contribution in [0.15, 0.2) is 28.9 Å². The molecule has 2 nitrogen and oxygen atoms in total. The van der Waals surface area contributed by atoms with E-state index in [0.29, 0.717) is 11.8 Å². The number of allylic oxidation sites excluding steroid dienone is 1. The van der Waals surface area contributed by atoms with Gasteiger partial charge in [-0.25, -0.2) is 0 Å². The van der Waals surface area contributed by atoms with Crippen LogP contribution in [0, 0.1) is 11.8 Å². The van der Waals surface area contributed by atoms with Crippen LogP contribution in [0.2, 0.25) is 0 Å². The molecule has 90 valence electrons. The molecule has 2 heteroatoms. The Labute approximate surface area is 99.1 Å². The molecular formula is C14H23NO. The van der Waals surface area contributed by atoms with Crippen LogP contribution in [0.4, 0.5) is 0 Å². The van der Waals surface area contributed by atoms with Crippen molar-refractivity contribution in [3.63, 3.8) is 0 Å². The molecule has 0 aromatic rings. The van der Waals surface area contributed by atoms with E-state index in [1.807, 2.05) is 12.4 Å². The van der Waals surface area contributed by atoms with Gasteiger partial charge in [0.1, 0.15) is 0 Å². The number of methoxy groups -OCH3 is 1. The van der Waals surface area contributed by atoms with Crippen molar-refractivity contribution in [1.82, 2.24) is 0 Å². The van der Waals surface area contributed by atoms with Crippen LogP contribution in [0.1, 0.15) is 33.6 Å². The Balaban J connectivity index is 2.72. The summed E-state index contributed by atoms with van der Waals surface area (Å²) in [5.41, 5.74) is 1.18. The largest absolute Gasteiger partial charge is 0.376 e. The number of ether oxygens (including phenoxy) is 1. The summed E-state index contributed by atoms with van der Waals surface area (Å²) in [4.78, 5) is 4.25. The van der Waals surface area contributed by atoms with Crippen molar-refractivity contribution in [2.24, 2.45) is 16.8 Å². The van der Waals surface area contributed by atoms with Crippen molar-refractivity contribution in [2.75, 3.05) is 7.11 Å². The van der Waals surface area contributed by atoms with Crippen LogP contribution < -0.4 is 0 Å². The van der Waals surface area contributed by atoms with E-state index < -0.39 is 0 Å². The summed E-state index contributed by atoms with van der Waals surface area (Å²) in [6, 6.07) is 0. The minimum absolute atomic E-state index is 0.161. The van der Waals surface area contributed by atoms with Gasteiger partial charge in [0, 0.05) is 25.9 Å². The van der Waals surface area contributed by atoms with E-state index in [-0.39, 0.29) is 6.10 Å². The average Bonchev–Trinajstić information content (AvgIpc) is 2.46. The van der Waals surface area contributed by atoms with Gasteiger partial charge in [-0.3, -0.25) is 4.99 Å². The lowest BCUT2D eigenvalue weighted by Crippen LogP contribution is -2.23. The topological polar surface area (TPSA) is 21.6 Å². The highest BCUT2D eigenvalue weighted by Gasteiger charge is 2.20. The first-order valence-electron chi connectivity index (χ1n) is 6.06. The molecule has 0 saturated heterocycles. The third kappa shape index (κ3) is 3.93. The number of aliphatic imine (C=N–C) groups is 1. The fourth-order valence-corrected chi connectivity index (χ4v) is 2.24. The maximum absolute atomic E-state index is 5.61. The molecule has 0 N–H and O–H groups in total. The summed E-state index contributed by atoms with van der Waals surface area (Å²) < 4.78 is 5.61. The fourth-order valence-electron chi connectivity index (χ4n) is 2.24. The van der Waals surface area contributed by atoms with Gasteiger partial charge in [-0.2, -0.15) is 0 Å². The third-order valence-corrected chi connectivity index (χ3v) is 2.82. The van der Waals surface area contributed by atoms with Crippen LogP contribution >= 0.6 is 0 Å². The van der Waals surface area contributed by atoms with Gasteiger partial charge in [-0.1, -0.05) is 32.9 Å². The Morgan fingerprint density at radius 2 is 2.12 bits per heavy atom. The Morgan fingerprint density at radius 1 is 1.38 bits per heavy atom. The minimum atomic E-state index is 0.161. The summed E-state index contributed by atoms with van der Waals surface area (Å²) in [7, 11) is 1.78. The number of rotatable bonds is 5. The standard InChI is InChI=1S/C14H23NO/c1-11(2)9-12(3)14(16-4)13-7-5-6-8-15-10-13/h5,7-8,10-12,14H,6,9H2,1-4H3. The molecule has 0 saturated carbocycles. The molecule has 0 aromatic heterocycles. The SMILES string of the molecule is COC(C1=CN=CCC=C1)C(C)CC(C)C. The first-order chi connectivity index (χ1) is 7.65. The van der Waals surface area contributed by atoms with E-state index in [2.05, 4.69) is 37.9 Å². The molecule has 0 aromatic carbocycles. The van der Waals surface area contributed by atoms with Crippen LogP contribution in [0.25, 0.3) is 0 Å². The highest BCUT2D eigenvalue weighted by atomic mass is 16.5. The quantitative estimate of drug-likeness (QED) is 0.695. The number of hydrogen-bond donors (Lipinski definition) is 0. The molecule has 0 spiro atoms. The molecular weight excluding hydrogens is 198 g/mol. The lowest BCUT2D eigenvalue weighted by Gasteiger charge is -2.24.